The van der Waals surface area contributed by atoms with Crippen LogP contribution < -0.4 is 15.5 Å². The summed E-state index contributed by atoms with van der Waals surface area (Å²) in [5.41, 5.74) is 8.60. The van der Waals surface area contributed by atoms with Crippen LogP contribution in [0.25, 0.3) is 11.5 Å². The van der Waals surface area contributed by atoms with Crippen molar-refractivity contribution in [3.8, 4) is 11.5 Å². The van der Waals surface area contributed by atoms with Crippen molar-refractivity contribution in [3.63, 3.8) is 0 Å². The van der Waals surface area contributed by atoms with Crippen LogP contribution in [0.5, 0.6) is 0 Å². The Morgan fingerprint density at radius 3 is 2.33 bits per heavy atom. The third-order valence-corrected chi connectivity index (χ3v) is 9.71. The minimum atomic E-state index is -3.80. The molecular weight excluding hydrogens is 528 g/mol. The third kappa shape index (κ3) is 5.25. The molecule has 212 valence electrons. The van der Waals surface area contributed by atoms with Gasteiger partial charge in [-0.1, -0.05) is 32.9 Å². The fourth-order valence-corrected chi connectivity index (χ4v) is 6.98. The summed E-state index contributed by atoms with van der Waals surface area (Å²) >= 11 is 0. The van der Waals surface area contributed by atoms with Gasteiger partial charge in [-0.2, -0.15) is 0 Å². The molecule has 6 rings (SSSR count). The number of piperazine rings is 1. The van der Waals surface area contributed by atoms with Gasteiger partial charge < -0.3 is 20.0 Å². The first-order valence-electron chi connectivity index (χ1n) is 13.9. The van der Waals surface area contributed by atoms with E-state index in [4.69, 9.17) is 10.2 Å². The largest absolute Gasteiger partial charge is 0.420 e. The number of carbonyl (C=O) groups is 1. The van der Waals surface area contributed by atoms with Crippen LogP contribution in [0.4, 0.5) is 11.4 Å². The molecule has 40 heavy (non-hydrogen) atoms. The summed E-state index contributed by atoms with van der Waals surface area (Å²) in [6, 6.07) is 12.5. The number of benzene rings is 2. The van der Waals surface area contributed by atoms with E-state index in [1.807, 2.05) is 32.9 Å². The third-order valence-electron chi connectivity index (χ3n) is 7.90. The lowest BCUT2D eigenvalue weighted by molar-refractivity contribution is -0.119. The Kier molecular flexibility index (Phi) is 6.71. The zero-order valence-corrected chi connectivity index (χ0v) is 24.0. The van der Waals surface area contributed by atoms with E-state index in [0.717, 1.165) is 43.5 Å². The summed E-state index contributed by atoms with van der Waals surface area (Å²) in [7, 11) is -3.80. The number of sulfone groups is 1. The smallest absolute Gasteiger partial charge is 0.247 e. The van der Waals surface area contributed by atoms with Crippen molar-refractivity contribution < 1.29 is 17.6 Å². The van der Waals surface area contributed by atoms with Crippen LogP contribution in [-0.4, -0.2) is 73.4 Å². The molecule has 3 aromatic rings. The number of rotatable bonds is 5. The monoisotopic (exact) mass is 564 g/mol. The van der Waals surface area contributed by atoms with Gasteiger partial charge in [0.05, 0.1) is 28.9 Å². The zero-order valence-electron chi connectivity index (χ0n) is 23.2. The van der Waals surface area contributed by atoms with Gasteiger partial charge in [0.1, 0.15) is 0 Å². The number of anilines is 2. The van der Waals surface area contributed by atoms with Gasteiger partial charge in [-0.3, -0.25) is 9.69 Å². The van der Waals surface area contributed by atoms with Crippen molar-refractivity contribution in [1.82, 2.24) is 15.1 Å². The van der Waals surface area contributed by atoms with Crippen molar-refractivity contribution in [2.75, 3.05) is 41.7 Å². The second kappa shape index (κ2) is 9.97. The van der Waals surface area contributed by atoms with Crippen molar-refractivity contribution in [2.24, 2.45) is 5.73 Å². The lowest BCUT2D eigenvalue weighted by atomic mass is 9.97. The van der Waals surface area contributed by atoms with E-state index in [-0.39, 0.29) is 28.4 Å². The number of hydrogen-bond acceptors (Lipinski definition) is 9. The summed E-state index contributed by atoms with van der Waals surface area (Å²) < 4.78 is 32.3. The van der Waals surface area contributed by atoms with E-state index in [1.54, 1.807) is 12.1 Å². The van der Waals surface area contributed by atoms with Crippen LogP contribution >= 0.6 is 0 Å². The minimum Gasteiger partial charge on any atom is -0.420 e. The fourth-order valence-electron chi connectivity index (χ4n) is 5.43. The van der Waals surface area contributed by atoms with Crippen LogP contribution in [0.3, 0.4) is 0 Å². The molecule has 0 radical (unpaired) electrons. The quantitative estimate of drug-likeness (QED) is 0.498. The Balaban J connectivity index is 1.29. The maximum atomic E-state index is 13.5. The number of amides is 1. The summed E-state index contributed by atoms with van der Waals surface area (Å²) in [6.45, 7) is 10.2. The molecule has 0 unspecified atom stereocenters. The molecule has 2 fully saturated rings. The topological polar surface area (TPSA) is 126 Å². The van der Waals surface area contributed by atoms with Gasteiger partial charge >= 0.3 is 0 Å². The Labute approximate surface area is 235 Å². The first-order valence-corrected chi connectivity index (χ1v) is 15.5. The molecule has 0 spiro atoms. The van der Waals surface area contributed by atoms with Gasteiger partial charge in [0.15, 0.2) is 9.84 Å². The molecule has 3 aliphatic rings. The van der Waals surface area contributed by atoms with Gasteiger partial charge in [0, 0.05) is 48.9 Å². The molecule has 1 aliphatic carbocycles. The number of aromatic nitrogens is 2. The average Bonchev–Trinajstić information content (AvgIpc) is 3.66. The molecule has 3 heterocycles. The molecule has 1 atom stereocenters. The number of carbonyl (C=O) groups excluding carboxylic acids is 1. The van der Waals surface area contributed by atoms with E-state index in [2.05, 4.69) is 32.1 Å². The van der Waals surface area contributed by atoms with Gasteiger partial charge in [-0.15, -0.1) is 10.2 Å². The average molecular weight is 565 g/mol. The van der Waals surface area contributed by atoms with Crippen LogP contribution in [-0.2, 0) is 26.6 Å². The van der Waals surface area contributed by atoms with Crippen LogP contribution in [0.15, 0.2) is 51.8 Å². The van der Waals surface area contributed by atoms with Gasteiger partial charge in [-0.25, -0.2) is 8.42 Å². The predicted octanol–water partition coefficient (Wildman–Crippen LogP) is 2.97. The molecule has 1 saturated carbocycles. The molecule has 1 aromatic heterocycles. The van der Waals surface area contributed by atoms with Crippen LogP contribution in [0.2, 0.25) is 0 Å². The number of nitrogens with two attached hydrogens (primary N) is 1. The Hall–Kier alpha value is -3.28. The molecule has 2 N–H and O–H groups in total. The van der Waals surface area contributed by atoms with E-state index in [0.29, 0.717) is 11.5 Å². The normalized spacial score (nSPS) is 21.8. The maximum Gasteiger partial charge on any atom is 0.247 e. The molecule has 0 bridgehead atoms. The highest BCUT2D eigenvalue weighted by Gasteiger charge is 2.37. The summed E-state index contributed by atoms with van der Waals surface area (Å²) in [6.07, 6.45) is 2.65. The second-order valence-electron chi connectivity index (χ2n) is 12.1. The van der Waals surface area contributed by atoms with E-state index in [1.165, 1.54) is 23.8 Å². The van der Waals surface area contributed by atoms with Crippen molar-refractivity contribution >= 4 is 27.1 Å². The molecule has 2 aliphatic heterocycles. The Morgan fingerprint density at radius 2 is 1.70 bits per heavy atom. The standard InChI is InChI=1S/C29H36N6O4S/c1-29(2,3)28-32-31-26(39-28)20-6-11-25-24(16-20)35(27(36)23(30)18-40(25,37)38)17-19-4-7-21(8-5-19)33-12-14-34(15-13-33)22-9-10-22/h4-8,11,16,22-23H,9-10,12-15,17-18,30H2,1-3H3/t23-/m0/s1. The lowest BCUT2D eigenvalue weighted by Crippen LogP contribution is -2.47. The van der Waals surface area contributed by atoms with E-state index in [9.17, 15) is 13.2 Å². The SMILES string of the molecule is CC(C)(C)c1nnc(-c2ccc3c(c2)N(Cc2ccc(N4CCN(C5CC5)CC4)cc2)C(=O)[C@@H](N)CS3(=O)=O)o1. The fraction of sp³-hybridized carbons (Fsp3) is 0.483. The number of nitrogens with zero attached hydrogens (tertiary/aromatic N) is 5. The molecule has 1 saturated heterocycles. The summed E-state index contributed by atoms with van der Waals surface area (Å²) in [5, 5.41) is 8.33. The van der Waals surface area contributed by atoms with Crippen LogP contribution in [0.1, 0.15) is 45.1 Å². The van der Waals surface area contributed by atoms with Crippen molar-refractivity contribution in [3.05, 3.63) is 53.9 Å². The predicted molar refractivity (Wildman–Crippen MR) is 153 cm³/mol. The van der Waals surface area contributed by atoms with Gasteiger partial charge in [-0.05, 0) is 48.7 Å². The lowest BCUT2D eigenvalue weighted by Gasteiger charge is -2.36. The minimum absolute atomic E-state index is 0.0678. The Bertz CT molecular complexity index is 1520. The molecule has 1 amide bonds. The van der Waals surface area contributed by atoms with Gasteiger partial charge in [0.25, 0.3) is 0 Å². The first kappa shape index (κ1) is 26.9. The van der Waals surface area contributed by atoms with E-state index < -0.39 is 27.5 Å². The second-order valence-corrected chi connectivity index (χ2v) is 14.1. The highest BCUT2D eigenvalue weighted by molar-refractivity contribution is 7.91. The van der Waals surface area contributed by atoms with E-state index >= 15 is 0 Å². The molecule has 11 heteroatoms. The van der Waals surface area contributed by atoms with Crippen molar-refractivity contribution in [1.29, 1.82) is 0 Å². The Morgan fingerprint density at radius 1 is 1.00 bits per heavy atom. The zero-order chi connectivity index (χ0) is 28.2. The first-order chi connectivity index (χ1) is 19.0. The number of fused-ring (bicyclic) bond motifs is 1. The van der Waals surface area contributed by atoms with Crippen molar-refractivity contribution in [2.45, 2.75) is 62.6 Å². The maximum absolute atomic E-state index is 13.5. The number of hydrogen-bond donors (Lipinski definition) is 1. The van der Waals surface area contributed by atoms with Gasteiger partial charge in [0.2, 0.25) is 17.7 Å². The molecular formula is C29H36N6O4S. The molecule has 2 aromatic carbocycles. The summed E-state index contributed by atoms with van der Waals surface area (Å²) in [4.78, 5) is 20.0. The highest BCUT2D eigenvalue weighted by Crippen LogP contribution is 2.36. The van der Waals surface area contributed by atoms with Crippen LogP contribution in [0, 0.1) is 0 Å². The summed E-state index contributed by atoms with van der Waals surface area (Å²) in [5.74, 6) is -0.165. The molecule has 10 nitrogen and oxygen atoms in total. The highest BCUT2D eigenvalue weighted by atomic mass is 32.2.